The Hall–Kier alpha value is -3.33. The molecule has 0 bridgehead atoms. The number of carbonyl (C=O) groups excluding carboxylic acids is 2. The predicted molar refractivity (Wildman–Crippen MR) is 108 cm³/mol. The molecule has 9 heteroatoms. The number of amides is 1. The molecule has 0 heterocycles. The van der Waals surface area contributed by atoms with Gasteiger partial charge in [-0.3, -0.25) is 9.52 Å². The van der Waals surface area contributed by atoms with Gasteiger partial charge in [0.1, 0.15) is 5.75 Å². The summed E-state index contributed by atoms with van der Waals surface area (Å²) in [5.41, 5.74) is 0.345. The van der Waals surface area contributed by atoms with E-state index >= 15 is 0 Å². The van der Waals surface area contributed by atoms with Crippen molar-refractivity contribution in [2.75, 3.05) is 18.4 Å². The number of benzene rings is 2. The van der Waals surface area contributed by atoms with Gasteiger partial charge in [-0.05, 0) is 49.4 Å². The minimum absolute atomic E-state index is 0.00553. The van der Waals surface area contributed by atoms with Gasteiger partial charge >= 0.3 is 5.97 Å². The van der Waals surface area contributed by atoms with Crippen LogP contribution in [0.4, 0.5) is 5.69 Å². The smallest absolute Gasteiger partial charge is 0.338 e. The third kappa shape index (κ3) is 6.08. The Morgan fingerprint density at radius 1 is 1.17 bits per heavy atom. The number of rotatable bonds is 9. The molecule has 2 rings (SSSR count). The SMILES string of the molecule is C=CCNC(=O)C(C)OC(=O)c1cccc(S(=O)(=O)Nc2ccc(OC)cc2)c1. The summed E-state index contributed by atoms with van der Waals surface area (Å²) < 4.78 is 37.8. The monoisotopic (exact) mass is 418 g/mol. The van der Waals surface area contributed by atoms with Crippen LogP contribution in [-0.4, -0.2) is 40.1 Å². The van der Waals surface area contributed by atoms with Crippen LogP contribution in [0.2, 0.25) is 0 Å². The zero-order valence-electron chi connectivity index (χ0n) is 16.0. The third-order valence-electron chi connectivity index (χ3n) is 3.80. The Bertz CT molecular complexity index is 986. The van der Waals surface area contributed by atoms with Crippen molar-refractivity contribution in [2.45, 2.75) is 17.9 Å². The molecular formula is C20H22N2O6S. The van der Waals surface area contributed by atoms with Crippen LogP contribution in [0.1, 0.15) is 17.3 Å². The molecule has 2 aromatic rings. The number of esters is 1. The Labute approximate surface area is 169 Å². The highest BCUT2D eigenvalue weighted by atomic mass is 32.2. The maximum absolute atomic E-state index is 12.6. The van der Waals surface area contributed by atoms with Crippen LogP contribution >= 0.6 is 0 Å². The van der Waals surface area contributed by atoms with E-state index < -0.39 is 28.0 Å². The highest BCUT2D eigenvalue weighted by Crippen LogP contribution is 2.20. The first-order valence-corrected chi connectivity index (χ1v) is 10.1. The number of carbonyl (C=O) groups is 2. The molecule has 0 fully saturated rings. The lowest BCUT2D eigenvalue weighted by Crippen LogP contribution is -2.35. The molecule has 0 spiro atoms. The Morgan fingerprint density at radius 3 is 2.48 bits per heavy atom. The van der Waals surface area contributed by atoms with Gasteiger partial charge in [0.2, 0.25) is 0 Å². The molecule has 1 atom stereocenters. The van der Waals surface area contributed by atoms with E-state index in [0.29, 0.717) is 11.4 Å². The highest BCUT2D eigenvalue weighted by Gasteiger charge is 2.21. The molecule has 1 amide bonds. The molecule has 0 saturated heterocycles. The average molecular weight is 418 g/mol. The molecule has 1 unspecified atom stereocenters. The van der Waals surface area contributed by atoms with Crippen LogP contribution < -0.4 is 14.8 Å². The summed E-state index contributed by atoms with van der Waals surface area (Å²) in [7, 11) is -2.43. The highest BCUT2D eigenvalue weighted by molar-refractivity contribution is 7.92. The van der Waals surface area contributed by atoms with Crippen LogP contribution in [-0.2, 0) is 19.6 Å². The fourth-order valence-electron chi connectivity index (χ4n) is 2.26. The van der Waals surface area contributed by atoms with Gasteiger partial charge in [0, 0.05) is 12.2 Å². The minimum atomic E-state index is -3.93. The lowest BCUT2D eigenvalue weighted by molar-refractivity contribution is -0.128. The van der Waals surface area contributed by atoms with E-state index in [4.69, 9.17) is 9.47 Å². The number of sulfonamides is 1. The molecule has 0 aliphatic heterocycles. The second kappa shape index (κ2) is 9.74. The van der Waals surface area contributed by atoms with Gasteiger partial charge in [0.25, 0.3) is 15.9 Å². The van der Waals surface area contributed by atoms with Gasteiger partial charge < -0.3 is 14.8 Å². The fourth-order valence-corrected chi connectivity index (χ4v) is 3.37. The Kier molecular flexibility index (Phi) is 7.38. The van der Waals surface area contributed by atoms with E-state index in [2.05, 4.69) is 16.6 Å². The molecule has 2 aromatic carbocycles. The zero-order chi connectivity index (χ0) is 21.4. The maximum Gasteiger partial charge on any atom is 0.338 e. The average Bonchev–Trinajstić information content (AvgIpc) is 2.72. The largest absolute Gasteiger partial charge is 0.497 e. The van der Waals surface area contributed by atoms with E-state index in [9.17, 15) is 18.0 Å². The Morgan fingerprint density at radius 2 is 1.86 bits per heavy atom. The second-order valence-corrected chi connectivity index (χ2v) is 7.63. The van der Waals surface area contributed by atoms with Crippen LogP contribution in [0.25, 0.3) is 0 Å². The van der Waals surface area contributed by atoms with Crippen LogP contribution in [0.5, 0.6) is 5.75 Å². The number of nitrogens with one attached hydrogen (secondary N) is 2. The van der Waals surface area contributed by atoms with Crippen molar-refractivity contribution >= 4 is 27.6 Å². The van der Waals surface area contributed by atoms with Crippen molar-refractivity contribution in [2.24, 2.45) is 0 Å². The molecule has 0 aliphatic rings. The summed E-state index contributed by atoms with van der Waals surface area (Å²) in [5.74, 6) is -0.708. The number of hydrogen-bond donors (Lipinski definition) is 2. The Balaban J connectivity index is 2.13. The standard InChI is InChI=1S/C20H22N2O6S/c1-4-12-21-19(23)14(2)28-20(24)15-6-5-7-18(13-15)29(25,26)22-16-8-10-17(27-3)11-9-16/h4-11,13-14,22H,1,12H2,2-3H3,(H,21,23). The fraction of sp³-hybridized carbons (Fsp3) is 0.200. The summed E-state index contributed by atoms with van der Waals surface area (Å²) in [4.78, 5) is 24.0. The minimum Gasteiger partial charge on any atom is -0.497 e. The van der Waals surface area contributed by atoms with Crippen molar-refractivity contribution in [3.05, 3.63) is 66.7 Å². The van der Waals surface area contributed by atoms with Gasteiger partial charge in [0.15, 0.2) is 6.10 Å². The molecule has 8 nitrogen and oxygen atoms in total. The summed E-state index contributed by atoms with van der Waals surface area (Å²) in [6.45, 7) is 5.14. The summed E-state index contributed by atoms with van der Waals surface area (Å²) in [6.07, 6.45) is 0.455. The number of ether oxygens (including phenoxy) is 2. The topological polar surface area (TPSA) is 111 Å². The molecule has 2 N–H and O–H groups in total. The molecule has 154 valence electrons. The maximum atomic E-state index is 12.6. The first-order valence-electron chi connectivity index (χ1n) is 8.63. The number of anilines is 1. The van der Waals surface area contributed by atoms with Crippen molar-refractivity contribution < 1.29 is 27.5 Å². The van der Waals surface area contributed by atoms with Gasteiger partial charge in [0.05, 0.1) is 17.6 Å². The summed E-state index contributed by atoms with van der Waals surface area (Å²) >= 11 is 0. The predicted octanol–water partition coefficient (Wildman–Crippen LogP) is 2.34. The van der Waals surface area contributed by atoms with Crippen molar-refractivity contribution in [1.82, 2.24) is 5.32 Å². The summed E-state index contributed by atoms with van der Waals surface area (Å²) in [5, 5.41) is 2.51. The normalized spacial score (nSPS) is 11.8. The second-order valence-electron chi connectivity index (χ2n) is 5.94. The molecular weight excluding hydrogens is 396 g/mol. The van der Waals surface area contributed by atoms with Crippen molar-refractivity contribution in [3.8, 4) is 5.75 Å². The third-order valence-corrected chi connectivity index (χ3v) is 5.17. The quantitative estimate of drug-likeness (QED) is 0.478. The molecule has 0 aromatic heterocycles. The van der Waals surface area contributed by atoms with Crippen LogP contribution in [0, 0.1) is 0 Å². The zero-order valence-corrected chi connectivity index (χ0v) is 16.9. The molecule has 0 aliphatic carbocycles. The lowest BCUT2D eigenvalue weighted by Gasteiger charge is -2.13. The van der Waals surface area contributed by atoms with Gasteiger partial charge in [-0.1, -0.05) is 12.1 Å². The van der Waals surface area contributed by atoms with E-state index in [0.717, 1.165) is 0 Å². The molecule has 29 heavy (non-hydrogen) atoms. The lowest BCUT2D eigenvalue weighted by atomic mass is 10.2. The van der Waals surface area contributed by atoms with Crippen LogP contribution in [0.15, 0.2) is 66.1 Å². The molecule has 0 saturated carbocycles. The number of hydrogen-bond acceptors (Lipinski definition) is 6. The van der Waals surface area contributed by atoms with E-state index in [-0.39, 0.29) is 17.0 Å². The van der Waals surface area contributed by atoms with Crippen LogP contribution in [0.3, 0.4) is 0 Å². The molecule has 0 radical (unpaired) electrons. The van der Waals surface area contributed by atoms with E-state index in [1.54, 1.807) is 24.3 Å². The van der Waals surface area contributed by atoms with E-state index in [1.807, 2.05) is 0 Å². The summed E-state index contributed by atoms with van der Waals surface area (Å²) in [6, 6.07) is 11.7. The first-order chi connectivity index (χ1) is 13.8. The van der Waals surface area contributed by atoms with Gasteiger partial charge in [-0.2, -0.15) is 0 Å². The van der Waals surface area contributed by atoms with Gasteiger partial charge in [-0.25, -0.2) is 13.2 Å². The van der Waals surface area contributed by atoms with Crippen molar-refractivity contribution in [3.63, 3.8) is 0 Å². The number of methoxy groups -OCH3 is 1. The van der Waals surface area contributed by atoms with Crippen molar-refractivity contribution in [1.29, 1.82) is 0 Å². The van der Waals surface area contributed by atoms with Gasteiger partial charge in [-0.15, -0.1) is 6.58 Å². The van der Waals surface area contributed by atoms with E-state index in [1.165, 1.54) is 44.4 Å². The first kappa shape index (κ1) is 22.0.